The topological polar surface area (TPSA) is 98.1 Å². The lowest BCUT2D eigenvalue weighted by molar-refractivity contribution is -0.156. The van der Waals surface area contributed by atoms with Crippen LogP contribution in [0, 0.1) is 10.8 Å². The summed E-state index contributed by atoms with van der Waals surface area (Å²) in [5.41, 5.74) is 0.917. The number of para-hydroxylation sites is 1. The Morgan fingerprint density at radius 2 is 1.62 bits per heavy atom. The molecule has 0 aliphatic heterocycles. The highest BCUT2D eigenvalue weighted by Crippen LogP contribution is 2.24. The van der Waals surface area contributed by atoms with Gasteiger partial charge in [0.25, 0.3) is 6.47 Å². The first kappa shape index (κ1) is 27.2. The van der Waals surface area contributed by atoms with Gasteiger partial charge in [-0.2, -0.15) is 0 Å². The smallest absolute Gasteiger partial charge is 0.418 e. The maximum Gasteiger partial charge on any atom is 0.418 e. The summed E-state index contributed by atoms with van der Waals surface area (Å²) in [6, 6.07) is 7.84. The van der Waals surface area contributed by atoms with Crippen molar-refractivity contribution in [2.24, 2.45) is 10.8 Å². The third-order valence-corrected chi connectivity index (χ3v) is 4.61. The summed E-state index contributed by atoms with van der Waals surface area (Å²) in [5, 5.41) is 7.95. The van der Waals surface area contributed by atoms with Gasteiger partial charge in [-0.3, -0.25) is 14.2 Å². The normalized spacial score (nSPS) is 11.6. The van der Waals surface area contributed by atoms with Gasteiger partial charge in [0, 0.05) is 23.5 Å². The number of carboxylic acid groups (broad SMARTS) is 1. The Bertz CT molecular complexity index is 909. The Morgan fingerprint density at radius 1 is 1.06 bits per heavy atom. The number of likely N-dealkylation sites (N-methyl/N-ethyl adjacent to an activating group) is 1. The van der Waals surface area contributed by atoms with Crippen LogP contribution >= 0.6 is 0 Å². The van der Waals surface area contributed by atoms with E-state index in [1.807, 2.05) is 79.2 Å². The van der Waals surface area contributed by atoms with Gasteiger partial charge in [0.1, 0.15) is 6.61 Å². The van der Waals surface area contributed by atoms with Gasteiger partial charge in [0.15, 0.2) is 0 Å². The summed E-state index contributed by atoms with van der Waals surface area (Å²) in [6.07, 6.45) is 2.29. The average molecular weight is 449 g/mol. The highest BCUT2D eigenvalue weighted by Gasteiger charge is 2.28. The minimum Gasteiger partial charge on any atom is -0.483 e. The zero-order valence-electron chi connectivity index (χ0n) is 20.2. The molecule has 0 saturated carbocycles. The lowest BCUT2D eigenvalue weighted by atomic mass is 9.95. The van der Waals surface area contributed by atoms with Gasteiger partial charge in [-0.15, -0.1) is 0 Å². The van der Waals surface area contributed by atoms with E-state index in [4.69, 9.17) is 19.4 Å². The fourth-order valence-electron chi connectivity index (χ4n) is 2.79. The summed E-state index contributed by atoms with van der Waals surface area (Å²) < 4.78 is 12.5. The van der Waals surface area contributed by atoms with Crippen molar-refractivity contribution in [2.45, 2.75) is 41.0 Å². The number of aromatic nitrogens is 1. The van der Waals surface area contributed by atoms with Crippen LogP contribution in [0.5, 0.6) is 0 Å². The molecule has 0 aliphatic carbocycles. The molecule has 2 aromatic rings. The van der Waals surface area contributed by atoms with E-state index >= 15 is 0 Å². The van der Waals surface area contributed by atoms with E-state index in [9.17, 15) is 9.59 Å². The van der Waals surface area contributed by atoms with Crippen LogP contribution in [0.1, 0.15) is 40.2 Å². The third kappa shape index (κ3) is 8.34. The Labute approximate surface area is 190 Å². The van der Waals surface area contributed by atoms with E-state index in [1.165, 1.54) is 0 Å². The number of carbonyl (C=O) groups is 3. The van der Waals surface area contributed by atoms with Crippen LogP contribution in [0.15, 0.2) is 30.5 Å². The third-order valence-electron chi connectivity index (χ3n) is 4.61. The first-order chi connectivity index (χ1) is 14.8. The SMILES string of the molecule is CN(C)CCc1cn(C(=O)OCC(C)(C)COC(=O)C(C)(C)C)c2ccccc12.O=CO. The number of carbonyl (C=O) groups excluding carboxylic acids is 2. The van der Waals surface area contributed by atoms with Crippen LogP contribution in [-0.4, -0.2) is 67.0 Å². The van der Waals surface area contributed by atoms with Gasteiger partial charge >= 0.3 is 12.1 Å². The van der Waals surface area contributed by atoms with Crippen molar-refractivity contribution in [3.63, 3.8) is 0 Å². The standard InChI is InChI=1S/C23H34N2O4.CH2O2/c1-22(2,3)20(26)28-15-23(4,5)16-29-21(27)25-14-17(12-13-24(6)7)18-10-8-9-11-19(18)25;2-1-3/h8-11,14H,12-13,15-16H2,1-7H3;1H,(H,2,3). The van der Waals surface area contributed by atoms with E-state index in [1.54, 1.807) is 4.57 Å². The molecule has 32 heavy (non-hydrogen) atoms. The van der Waals surface area contributed by atoms with E-state index in [0.29, 0.717) is 0 Å². The summed E-state index contributed by atoms with van der Waals surface area (Å²) in [5.74, 6) is -0.265. The van der Waals surface area contributed by atoms with Gasteiger partial charge in [-0.1, -0.05) is 32.0 Å². The molecular weight excluding hydrogens is 412 g/mol. The van der Waals surface area contributed by atoms with Crippen molar-refractivity contribution in [1.29, 1.82) is 0 Å². The minimum atomic E-state index is -0.556. The van der Waals surface area contributed by atoms with Crippen molar-refractivity contribution < 1.29 is 29.0 Å². The predicted molar refractivity (Wildman–Crippen MR) is 124 cm³/mol. The second-order valence-electron chi connectivity index (χ2n) is 9.75. The molecular formula is C24H36N2O6. The molecule has 0 radical (unpaired) electrons. The van der Waals surface area contributed by atoms with Crippen LogP contribution in [0.2, 0.25) is 0 Å². The first-order valence-electron chi connectivity index (χ1n) is 10.5. The van der Waals surface area contributed by atoms with Gasteiger partial charge in [-0.05, 0) is 52.9 Å². The largest absolute Gasteiger partial charge is 0.483 e. The molecule has 0 fully saturated rings. The average Bonchev–Trinajstić information content (AvgIpc) is 3.07. The molecule has 8 nitrogen and oxygen atoms in total. The number of hydrogen-bond acceptors (Lipinski definition) is 6. The molecule has 1 aromatic carbocycles. The summed E-state index contributed by atoms with van der Waals surface area (Å²) >= 11 is 0. The highest BCUT2D eigenvalue weighted by molar-refractivity contribution is 5.92. The molecule has 1 aromatic heterocycles. The summed E-state index contributed by atoms with van der Waals surface area (Å²) in [6.45, 7) is 10.3. The van der Waals surface area contributed by atoms with Crippen molar-refractivity contribution in [2.75, 3.05) is 33.9 Å². The lowest BCUT2D eigenvalue weighted by Gasteiger charge is -2.26. The molecule has 1 N–H and O–H groups in total. The molecule has 2 rings (SSSR count). The maximum absolute atomic E-state index is 12.8. The Kier molecular flexibility index (Phi) is 9.90. The molecule has 0 atom stereocenters. The lowest BCUT2D eigenvalue weighted by Crippen LogP contribution is -2.32. The number of ether oxygens (including phenoxy) is 2. The van der Waals surface area contributed by atoms with Crippen LogP contribution in [0.4, 0.5) is 4.79 Å². The second-order valence-corrected chi connectivity index (χ2v) is 9.75. The van der Waals surface area contributed by atoms with Gasteiger partial charge < -0.3 is 19.5 Å². The Morgan fingerprint density at radius 3 is 2.19 bits per heavy atom. The van der Waals surface area contributed by atoms with Gasteiger partial charge in [0.05, 0.1) is 17.5 Å². The van der Waals surface area contributed by atoms with Crippen LogP contribution in [-0.2, 0) is 25.5 Å². The molecule has 0 aliphatic rings. The van der Waals surface area contributed by atoms with Crippen molar-refractivity contribution >= 4 is 29.4 Å². The first-order valence-corrected chi connectivity index (χ1v) is 10.5. The molecule has 1 heterocycles. The zero-order chi connectivity index (χ0) is 24.5. The molecule has 0 saturated heterocycles. The molecule has 0 bridgehead atoms. The monoisotopic (exact) mass is 448 g/mol. The van der Waals surface area contributed by atoms with Crippen molar-refractivity contribution in [1.82, 2.24) is 9.47 Å². The highest BCUT2D eigenvalue weighted by atomic mass is 16.6. The van der Waals surface area contributed by atoms with E-state index in [-0.39, 0.29) is 25.7 Å². The number of rotatable bonds is 7. The number of esters is 1. The van der Waals surface area contributed by atoms with E-state index < -0.39 is 16.9 Å². The van der Waals surface area contributed by atoms with Crippen LogP contribution in [0.3, 0.4) is 0 Å². The number of fused-ring (bicyclic) bond motifs is 1. The van der Waals surface area contributed by atoms with Gasteiger partial charge in [-0.25, -0.2) is 4.79 Å². The molecule has 8 heteroatoms. The Balaban J connectivity index is 0.00000161. The minimum absolute atomic E-state index is 0.156. The number of nitrogens with zero attached hydrogens (tertiary/aromatic N) is 2. The maximum atomic E-state index is 12.8. The van der Waals surface area contributed by atoms with Gasteiger partial charge in [0.2, 0.25) is 0 Å². The Hall–Kier alpha value is -2.87. The quantitative estimate of drug-likeness (QED) is 0.504. The van der Waals surface area contributed by atoms with Crippen LogP contribution < -0.4 is 0 Å². The summed E-state index contributed by atoms with van der Waals surface area (Å²) in [4.78, 5) is 35.2. The zero-order valence-corrected chi connectivity index (χ0v) is 20.2. The predicted octanol–water partition coefficient (Wildman–Crippen LogP) is 4.05. The number of benzene rings is 1. The van der Waals surface area contributed by atoms with Crippen LogP contribution in [0.25, 0.3) is 10.9 Å². The van der Waals surface area contributed by atoms with Crippen molar-refractivity contribution in [3.8, 4) is 0 Å². The fraction of sp³-hybridized carbons (Fsp3) is 0.542. The molecule has 0 spiro atoms. The van der Waals surface area contributed by atoms with Crippen molar-refractivity contribution in [3.05, 3.63) is 36.0 Å². The summed E-state index contributed by atoms with van der Waals surface area (Å²) in [7, 11) is 4.06. The second kappa shape index (κ2) is 11.7. The molecule has 0 unspecified atom stereocenters. The fourth-order valence-corrected chi connectivity index (χ4v) is 2.79. The van der Waals surface area contributed by atoms with E-state index in [0.717, 1.165) is 29.4 Å². The van der Waals surface area contributed by atoms with E-state index in [2.05, 4.69) is 4.90 Å². The molecule has 0 amide bonds. The molecule has 178 valence electrons. The number of hydrogen-bond donors (Lipinski definition) is 1.